The van der Waals surface area contributed by atoms with Crippen LogP contribution < -0.4 is 5.32 Å². The minimum absolute atomic E-state index is 0.826. The molecular formula is C19H24ClN. The number of hydrogen-bond donors (Lipinski definition) is 1. The molecule has 0 heterocycles. The van der Waals surface area contributed by atoms with Crippen LogP contribution >= 0.6 is 11.6 Å². The second-order valence-electron chi connectivity index (χ2n) is 5.40. The highest BCUT2D eigenvalue weighted by Gasteiger charge is 2.05. The first-order valence-electron chi connectivity index (χ1n) is 7.83. The third-order valence-corrected chi connectivity index (χ3v) is 4.01. The molecule has 0 saturated heterocycles. The van der Waals surface area contributed by atoms with Crippen molar-refractivity contribution in [2.45, 2.75) is 39.7 Å². The summed E-state index contributed by atoms with van der Waals surface area (Å²) in [7, 11) is 0. The Morgan fingerprint density at radius 3 is 2.29 bits per heavy atom. The summed E-state index contributed by atoms with van der Waals surface area (Å²) in [6.07, 6.45) is 3.65. The van der Waals surface area contributed by atoms with Crippen LogP contribution in [0.15, 0.2) is 42.5 Å². The van der Waals surface area contributed by atoms with Crippen molar-refractivity contribution in [1.82, 2.24) is 5.32 Å². The summed E-state index contributed by atoms with van der Waals surface area (Å²) in [6.45, 7) is 6.17. The van der Waals surface area contributed by atoms with Crippen LogP contribution in [0.5, 0.6) is 0 Å². The van der Waals surface area contributed by atoms with Gasteiger partial charge in [-0.25, -0.2) is 0 Å². The molecule has 112 valence electrons. The maximum absolute atomic E-state index is 6.44. The molecule has 2 heteroatoms. The Hall–Kier alpha value is -1.31. The van der Waals surface area contributed by atoms with Crippen LogP contribution in [0, 0.1) is 0 Å². The van der Waals surface area contributed by atoms with E-state index >= 15 is 0 Å². The maximum Gasteiger partial charge on any atom is 0.0487 e. The number of unbranched alkanes of at least 4 members (excludes halogenated alkanes) is 1. The van der Waals surface area contributed by atoms with Gasteiger partial charge >= 0.3 is 0 Å². The summed E-state index contributed by atoms with van der Waals surface area (Å²) < 4.78 is 0. The molecule has 0 radical (unpaired) electrons. The second kappa shape index (κ2) is 8.21. The molecule has 0 aliphatic rings. The highest BCUT2D eigenvalue weighted by molar-refractivity contribution is 6.33. The number of rotatable bonds is 7. The van der Waals surface area contributed by atoms with Crippen LogP contribution in [0.1, 0.15) is 37.8 Å². The number of aryl methyl sites for hydroxylation is 1. The van der Waals surface area contributed by atoms with Crippen LogP contribution in [0.25, 0.3) is 11.1 Å². The lowest BCUT2D eigenvalue weighted by Crippen LogP contribution is -2.11. The summed E-state index contributed by atoms with van der Waals surface area (Å²) >= 11 is 6.44. The van der Waals surface area contributed by atoms with E-state index in [4.69, 9.17) is 11.6 Å². The fraction of sp³-hybridized carbons (Fsp3) is 0.368. The summed E-state index contributed by atoms with van der Waals surface area (Å²) in [4.78, 5) is 0. The van der Waals surface area contributed by atoms with E-state index in [2.05, 4.69) is 61.6 Å². The van der Waals surface area contributed by atoms with Crippen molar-refractivity contribution in [3.05, 3.63) is 58.6 Å². The van der Waals surface area contributed by atoms with Gasteiger partial charge in [0.05, 0.1) is 0 Å². The molecule has 0 saturated carbocycles. The van der Waals surface area contributed by atoms with Gasteiger partial charge in [0.2, 0.25) is 0 Å². The highest BCUT2D eigenvalue weighted by atomic mass is 35.5. The molecular weight excluding hydrogens is 278 g/mol. The molecule has 0 amide bonds. The number of nitrogens with one attached hydrogen (secondary N) is 1. The predicted octanol–water partition coefficient (Wildman–Crippen LogP) is 5.46. The van der Waals surface area contributed by atoms with Gasteiger partial charge in [-0.15, -0.1) is 0 Å². The lowest BCUT2D eigenvalue weighted by atomic mass is 10.0. The standard InChI is InChI=1S/C19H24ClN/c1-3-5-6-15-7-10-17(11-8-15)18-12-9-16(13-19(18)20)14-21-4-2/h7-13,21H,3-6,14H2,1-2H3. The SMILES string of the molecule is CCCCc1ccc(-c2ccc(CNCC)cc2Cl)cc1. The van der Waals surface area contributed by atoms with Gasteiger partial charge in [0.15, 0.2) is 0 Å². The molecule has 0 fully saturated rings. The Kier molecular flexibility index (Phi) is 6.28. The van der Waals surface area contributed by atoms with E-state index in [1.54, 1.807) is 0 Å². The average molecular weight is 302 g/mol. The predicted molar refractivity (Wildman–Crippen MR) is 92.9 cm³/mol. The number of benzene rings is 2. The molecule has 0 aliphatic heterocycles. The first kappa shape index (κ1) is 16.1. The number of halogens is 1. The average Bonchev–Trinajstić information content (AvgIpc) is 2.52. The van der Waals surface area contributed by atoms with E-state index < -0.39 is 0 Å². The Balaban J connectivity index is 2.13. The molecule has 0 aliphatic carbocycles. The van der Waals surface area contributed by atoms with Crippen molar-refractivity contribution >= 4 is 11.6 Å². The Morgan fingerprint density at radius 2 is 1.67 bits per heavy atom. The van der Waals surface area contributed by atoms with E-state index in [1.165, 1.54) is 29.5 Å². The Labute approximate surface area is 133 Å². The van der Waals surface area contributed by atoms with Crippen LogP contribution in [0.2, 0.25) is 5.02 Å². The quantitative estimate of drug-likeness (QED) is 0.716. The van der Waals surface area contributed by atoms with Crippen molar-refractivity contribution in [2.75, 3.05) is 6.54 Å². The molecule has 0 aromatic heterocycles. The van der Waals surface area contributed by atoms with Gasteiger partial charge < -0.3 is 5.32 Å². The largest absolute Gasteiger partial charge is 0.313 e. The zero-order valence-corrected chi connectivity index (χ0v) is 13.7. The summed E-state index contributed by atoms with van der Waals surface area (Å²) in [5, 5.41) is 4.15. The van der Waals surface area contributed by atoms with Gasteiger partial charge in [-0.2, -0.15) is 0 Å². The van der Waals surface area contributed by atoms with E-state index in [-0.39, 0.29) is 0 Å². The Morgan fingerprint density at radius 1 is 0.952 bits per heavy atom. The maximum atomic E-state index is 6.44. The molecule has 2 aromatic carbocycles. The minimum atomic E-state index is 0.826. The van der Waals surface area contributed by atoms with Gasteiger partial charge in [-0.1, -0.05) is 68.3 Å². The molecule has 2 rings (SSSR count). The fourth-order valence-electron chi connectivity index (χ4n) is 2.40. The smallest absolute Gasteiger partial charge is 0.0487 e. The molecule has 0 bridgehead atoms. The molecule has 0 spiro atoms. The molecule has 1 nitrogen and oxygen atoms in total. The molecule has 0 atom stereocenters. The lowest BCUT2D eigenvalue weighted by molar-refractivity contribution is 0.727. The monoisotopic (exact) mass is 301 g/mol. The highest BCUT2D eigenvalue weighted by Crippen LogP contribution is 2.29. The summed E-state index contributed by atoms with van der Waals surface area (Å²) in [6, 6.07) is 15.1. The lowest BCUT2D eigenvalue weighted by Gasteiger charge is -2.09. The Bertz CT molecular complexity index is 560. The van der Waals surface area contributed by atoms with Crippen LogP contribution in [-0.2, 0) is 13.0 Å². The molecule has 2 aromatic rings. The van der Waals surface area contributed by atoms with E-state index in [9.17, 15) is 0 Å². The first-order chi connectivity index (χ1) is 10.2. The normalized spacial score (nSPS) is 10.8. The van der Waals surface area contributed by atoms with Crippen LogP contribution in [-0.4, -0.2) is 6.54 Å². The van der Waals surface area contributed by atoms with E-state index in [0.717, 1.165) is 30.1 Å². The molecule has 0 unspecified atom stereocenters. The van der Waals surface area contributed by atoms with Gasteiger partial charge in [0.1, 0.15) is 0 Å². The minimum Gasteiger partial charge on any atom is -0.313 e. The van der Waals surface area contributed by atoms with Crippen molar-refractivity contribution < 1.29 is 0 Å². The second-order valence-corrected chi connectivity index (χ2v) is 5.80. The third kappa shape index (κ3) is 4.59. The van der Waals surface area contributed by atoms with E-state index in [0.29, 0.717) is 0 Å². The topological polar surface area (TPSA) is 12.0 Å². The number of hydrogen-bond acceptors (Lipinski definition) is 1. The van der Waals surface area contributed by atoms with Crippen molar-refractivity contribution in [1.29, 1.82) is 0 Å². The van der Waals surface area contributed by atoms with Crippen molar-refractivity contribution in [2.24, 2.45) is 0 Å². The van der Waals surface area contributed by atoms with Crippen molar-refractivity contribution in [3.63, 3.8) is 0 Å². The molecule has 1 N–H and O–H groups in total. The fourth-order valence-corrected chi connectivity index (χ4v) is 2.72. The van der Waals surface area contributed by atoms with Crippen LogP contribution in [0.3, 0.4) is 0 Å². The van der Waals surface area contributed by atoms with Gasteiger partial charge in [0.25, 0.3) is 0 Å². The zero-order valence-electron chi connectivity index (χ0n) is 13.0. The van der Waals surface area contributed by atoms with Gasteiger partial charge in [-0.3, -0.25) is 0 Å². The van der Waals surface area contributed by atoms with Gasteiger partial charge in [-0.05, 0) is 42.1 Å². The van der Waals surface area contributed by atoms with Crippen LogP contribution in [0.4, 0.5) is 0 Å². The third-order valence-electron chi connectivity index (χ3n) is 3.70. The summed E-state index contributed by atoms with van der Waals surface area (Å²) in [5.41, 5.74) is 4.93. The van der Waals surface area contributed by atoms with Crippen molar-refractivity contribution in [3.8, 4) is 11.1 Å². The summed E-state index contributed by atoms with van der Waals surface area (Å²) in [5.74, 6) is 0. The van der Waals surface area contributed by atoms with Gasteiger partial charge in [0, 0.05) is 17.1 Å². The zero-order chi connectivity index (χ0) is 15.1. The first-order valence-corrected chi connectivity index (χ1v) is 8.20. The molecule has 21 heavy (non-hydrogen) atoms. The van der Waals surface area contributed by atoms with E-state index in [1.807, 2.05) is 0 Å².